The highest BCUT2D eigenvalue weighted by Gasteiger charge is 2.14. The van der Waals surface area contributed by atoms with Crippen molar-refractivity contribution in [3.05, 3.63) is 35.4 Å². The number of aromatic carboxylic acids is 1. The van der Waals surface area contributed by atoms with E-state index in [0.717, 1.165) is 0 Å². The van der Waals surface area contributed by atoms with Crippen LogP contribution in [-0.4, -0.2) is 23.5 Å². The van der Waals surface area contributed by atoms with Gasteiger partial charge in [-0.15, -0.1) is 11.8 Å². The van der Waals surface area contributed by atoms with Gasteiger partial charge in [-0.1, -0.05) is 12.1 Å². The van der Waals surface area contributed by atoms with Gasteiger partial charge in [-0.05, 0) is 19.1 Å². The molecule has 0 saturated carbocycles. The molecule has 0 atom stereocenters. The molecule has 1 aromatic rings. The minimum absolute atomic E-state index is 0.00609. The Morgan fingerprint density at radius 3 is 2.53 bits per heavy atom. The summed E-state index contributed by atoms with van der Waals surface area (Å²) in [4.78, 5) is 22.6. The number of amides is 1. The van der Waals surface area contributed by atoms with Crippen LogP contribution in [0.25, 0.3) is 0 Å². The Morgan fingerprint density at radius 2 is 1.94 bits per heavy atom. The Hall–Kier alpha value is -2.28. The number of carboxylic acids is 1. The largest absolute Gasteiger partial charge is 0.478 e. The Kier molecular flexibility index (Phi) is 4.77. The molecule has 0 aromatic heterocycles. The first-order valence-corrected chi connectivity index (χ1v) is 5.17. The molecule has 2 N–H and O–H groups in total. The van der Waals surface area contributed by atoms with Crippen LogP contribution in [0.3, 0.4) is 0 Å². The van der Waals surface area contributed by atoms with Crippen LogP contribution in [-0.2, 0) is 0 Å². The van der Waals surface area contributed by atoms with E-state index in [2.05, 4.69) is 17.2 Å². The van der Waals surface area contributed by atoms with E-state index < -0.39 is 5.97 Å². The lowest BCUT2D eigenvalue weighted by Gasteiger charge is -2.05. The minimum atomic E-state index is -1.11. The Bertz CT molecular complexity index is 483. The third-order valence-corrected chi connectivity index (χ3v) is 2.11. The van der Waals surface area contributed by atoms with Crippen LogP contribution in [0.1, 0.15) is 34.1 Å². The molecule has 1 rings (SSSR count). The van der Waals surface area contributed by atoms with E-state index >= 15 is 0 Å². The molecule has 0 aliphatic heterocycles. The fraction of sp³-hybridized carbons (Fsp3) is 0.231. The monoisotopic (exact) mass is 231 g/mol. The Balaban J connectivity index is 2.74. The molecule has 0 heterocycles. The normalized spacial score (nSPS) is 9.00. The van der Waals surface area contributed by atoms with Crippen molar-refractivity contribution < 1.29 is 14.7 Å². The predicted molar refractivity (Wildman–Crippen MR) is 63.8 cm³/mol. The summed E-state index contributed by atoms with van der Waals surface area (Å²) in [6.45, 7) is 2.13. The van der Waals surface area contributed by atoms with Gasteiger partial charge in [0.25, 0.3) is 5.91 Å². The van der Waals surface area contributed by atoms with Crippen molar-refractivity contribution in [3.63, 3.8) is 0 Å². The molecular weight excluding hydrogens is 218 g/mol. The number of benzene rings is 1. The van der Waals surface area contributed by atoms with Gasteiger partial charge in [0.2, 0.25) is 0 Å². The van der Waals surface area contributed by atoms with Crippen LogP contribution < -0.4 is 5.32 Å². The maximum Gasteiger partial charge on any atom is 0.336 e. The smallest absolute Gasteiger partial charge is 0.336 e. The molecule has 0 bridgehead atoms. The third-order valence-electron chi connectivity index (χ3n) is 2.11. The summed E-state index contributed by atoms with van der Waals surface area (Å²) in [7, 11) is 0. The van der Waals surface area contributed by atoms with Gasteiger partial charge in [0.1, 0.15) is 0 Å². The quantitative estimate of drug-likeness (QED) is 0.610. The van der Waals surface area contributed by atoms with Crippen molar-refractivity contribution >= 4 is 11.9 Å². The SMILES string of the molecule is CC#CCCNC(=O)c1ccccc1C(=O)O. The van der Waals surface area contributed by atoms with Crippen LogP contribution in [0, 0.1) is 11.8 Å². The zero-order valence-electron chi connectivity index (χ0n) is 9.49. The van der Waals surface area contributed by atoms with Crippen molar-refractivity contribution in [1.82, 2.24) is 5.32 Å². The van der Waals surface area contributed by atoms with Gasteiger partial charge in [0.05, 0.1) is 11.1 Å². The second-order valence-corrected chi connectivity index (χ2v) is 3.28. The van der Waals surface area contributed by atoms with Gasteiger partial charge in [-0.3, -0.25) is 4.79 Å². The topological polar surface area (TPSA) is 66.4 Å². The Labute approximate surface area is 99.7 Å². The van der Waals surface area contributed by atoms with Crippen LogP contribution in [0.5, 0.6) is 0 Å². The number of carboxylic acid groups (broad SMARTS) is 1. The lowest BCUT2D eigenvalue weighted by atomic mass is 10.1. The third kappa shape index (κ3) is 3.65. The molecule has 0 unspecified atom stereocenters. The van der Waals surface area contributed by atoms with Gasteiger partial charge in [-0.25, -0.2) is 4.79 Å². The van der Waals surface area contributed by atoms with Crippen molar-refractivity contribution in [2.24, 2.45) is 0 Å². The Morgan fingerprint density at radius 1 is 1.29 bits per heavy atom. The number of carbonyl (C=O) groups is 2. The van der Waals surface area contributed by atoms with Gasteiger partial charge in [0.15, 0.2) is 0 Å². The van der Waals surface area contributed by atoms with E-state index in [9.17, 15) is 9.59 Å². The summed E-state index contributed by atoms with van der Waals surface area (Å²) >= 11 is 0. The molecule has 1 aromatic carbocycles. The molecule has 0 aliphatic rings. The molecular formula is C13H13NO3. The van der Waals surface area contributed by atoms with Gasteiger partial charge in [-0.2, -0.15) is 0 Å². The standard InChI is InChI=1S/C13H13NO3/c1-2-3-6-9-14-12(15)10-7-4-5-8-11(10)13(16)17/h4-5,7-8H,6,9H2,1H3,(H,14,15)(H,16,17). The van der Waals surface area contributed by atoms with E-state index in [0.29, 0.717) is 13.0 Å². The minimum Gasteiger partial charge on any atom is -0.478 e. The lowest BCUT2D eigenvalue weighted by molar-refractivity contribution is 0.0691. The average Bonchev–Trinajstić information content (AvgIpc) is 2.34. The summed E-state index contributed by atoms with van der Waals surface area (Å²) in [6, 6.07) is 6.11. The molecule has 4 heteroatoms. The number of nitrogens with one attached hydrogen (secondary N) is 1. The maximum absolute atomic E-state index is 11.7. The second-order valence-electron chi connectivity index (χ2n) is 3.28. The molecule has 0 radical (unpaired) electrons. The van der Waals surface area contributed by atoms with Crippen LogP contribution in [0.4, 0.5) is 0 Å². The number of carbonyl (C=O) groups excluding carboxylic acids is 1. The number of hydrogen-bond acceptors (Lipinski definition) is 2. The van der Waals surface area contributed by atoms with Crippen LogP contribution >= 0.6 is 0 Å². The molecule has 0 saturated heterocycles. The molecule has 88 valence electrons. The molecule has 0 spiro atoms. The van der Waals surface area contributed by atoms with Crippen molar-refractivity contribution in [1.29, 1.82) is 0 Å². The highest BCUT2D eigenvalue weighted by molar-refractivity contribution is 6.04. The average molecular weight is 231 g/mol. The lowest BCUT2D eigenvalue weighted by Crippen LogP contribution is -2.26. The zero-order chi connectivity index (χ0) is 12.7. The van der Waals surface area contributed by atoms with Gasteiger partial charge >= 0.3 is 5.97 Å². The van der Waals surface area contributed by atoms with Gasteiger partial charge in [0, 0.05) is 13.0 Å². The first-order chi connectivity index (χ1) is 8.16. The van der Waals surface area contributed by atoms with E-state index in [1.807, 2.05) is 0 Å². The van der Waals surface area contributed by atoms with Crippen molar-refractivity contribution in [3.8, 4) is 11.8 Å². The highest BCUT2D eigenvalue weighted by atomic mass is 16.4. The van der Waals surface area contributed by atoms with E-state index in [4.69, 9.17) is 5.11 Å². The fourth-order valence-corrected chi connectivity index (χ4v) is 1.33. The molecule has 1 amide bonds. The molecule has 0 aliphatic carbocycles. The van der Waals surface area contributed by atoms with E-state index in [1.54, 1.807) is 19.1 Å². The van der Waals surface area contributed by atoms with Crippen molar-refractivity contribution in [2.45, 2.75) is 13.3 Å². The van der Waals surface area contributed by atoms with Crippen LogP contribution in [0.15, 0.2) is 24.3 Å². The van der Waals surface area contributed by atoms with Crippen molar-refractivity contribution in [2.75, 3.05) is 6.54 Å². The second kappa shape index (κ2) is 6.33. The van der Waals surface area contributed by atoms with E-state index in [1.165, 1.54) is 12.1 Å². The summed E-state index contributed by atoms with van der Waals surface area (Å²) in [5.74, 6) is 4.03. The molecule has 0 fully saturated rings. The summed E-state index contributed by atoms with van der Waals surface area (Å²) in [5.41, 5.74) is 0.177. The summed E-state index contributed by atoms with van der Waals surface area (Å²) in [5, 5.41) is 11.5. The maximum atomic E-state index is 11.7. The fourth-order valence-electron chi connectivity index (χ4n) is 1.33. The number of rotatable bonds is 4. The number of hydrogen-bond donors (Lipinski definition) is 2. The van der Waals surface area contributed by atoms with E-state index in [-0.39, 0.29) is 17.0 Å². The molecule has 17 heavy (non-hydrogen) atoms. The first-order valence-electron chi connectivity index (χ1n) is 5.17. The first kappa shape index (κ1) is 12.8. The van der Waals surface area contributed by atoms with Crippen LogP contribution in [0.2, 0.25) is 0 Å². The molecule has 4 nitrogen and oxygen atoms in total. The zero-order valence-corrected chi connectivity index (χ0v) is 9.49. The summed E-state index contributed by atoms with van der Waals surface area (Å²) in [6.07, 6.45) is 0.553. The predicted octanol–water partition coefficient (Wildman–Crippen LogP) is 1.53. The van der Waals surface area contributed by atoms with Gasteiger partial charge < -0.3 is 10.4 Å². The highest BCUT2D eigenvalue weighted by Crippen LogP contribution is 2.08. The summed E-state index contributed by atoms with van der Waals surface area (Å²) < 4.78 is 0.